The highest BCUT2D eigenvalue weighted by molar-refractivity contribution is 7.92. The predicted octanol–water partition coefficient (Wildman–Crippen LogP) is 3.82. The molecule has 0 radical (unpaired) electrons. The van der Waals surface area contributed by atoms with E-state index in [1.54, 1.807) is 78.3 Å². The summed E-state index contributed by atoms with van der Waals surface area (Å²) in [5, 5.41) is 2.84. The van der Waals surface area contributed by atoms with E-state index in [9.17, 15) is 18.0 Å². The van der Waals surface area contributed by atoms with Gasteiger partial charge in [0.2, 0.25) is 10.0 Å². The summed E-state index contributed by atoms with van der Waals surface area (Å²) >= 11 is 1.13. The molecule has 1 aromatic heterocycles. The second-order valence-corrected chi connectivity index (χ2v) is 10.3. The summed E-state index contributed by atoms with van der Waals surface area (Å²) in [5.41, 5.74) is 3.19. The second-order valence-electron chi connectivity index (χ2n) is 7.37. The first-order valence-electron chi connectivity index (χ1n) is 9.75. The van der Waals surface area contributed by atoms with E-state index in [-0.39, 0.29) is 17.3 Å². The smallest absolute Gasteiger partial charge is 0.307 e. The van der Waals surface area contributed by atoms with Gasteiger partial charge in [-0.1, -0.05) is 41.7 Å². The number of anilines is 2. The fourth-order valence-electron chi connectivity index (χ4n) is 3.34. The Kier molecular flexibility index (Phi) is 5.86. The van der Waals surface area contributed by atoms with E-state index < -0.39 is 10.0 Å². The van der Waals surface area contributed by atoms with Crippen molar-refractivity contribution in [2.75, 3.05) is 15.9 Å². The third-order valence-electron chi connectivity index (χ3n) is 5.04. The summed E-state index contributed by atoms with van der Waals surface area (Å²) in [6.45, 7) is 0.161. The van der Waals surface area contributed by atoms with Gasteiger partial charge in [0.25, 0.3) is 5.91 Å². The zero-order valence-electron chi connectivity index (χ0n) is 17.5. The molecule has 0 unspecified atom stereocenters. The van der Waals surface area contributed by atoms with Crippen molar-refractivity contribution in [2.24, 2.45) is 7.05 Å². The van der Waals surface area contributed by atoms with Crippen LogP contribution in [0.1, 0.15) is 15.9 Å². The van der Waals surface area contributed by atoms with Crippen molar-refractivity contribution in [1.29, 1.82) is 0 Å². The van der Waals surface area contributed by atoms with Crippen LogP contribution in [0.2, 0.25) is 0 Å². The Balaban J connectivity index is 1.50. The minimum absolute atomic E-state index is 0.0577. The highest BCUT2D eigenvalue weighted by atomic mass is 32.2. The summed E-state index contributed by atoms with van der Waals surface area (Å²) in [6, 6.07) is 21.0. The van der Waals surface area contributed by atoms with Crippen molar-refractivity contribution < 1.29 is 13.2 Å². The van der Waals surface area contributed by atoms with Crippen LogP contribution >= 0.6 is 11.3 Å². The largest absolute Gasteiger partial charge is 0.322 e. The topological polar surface area (TPSA) is 88.5 Å². The summed E-state index contributed by atoms with van der Waals surface area (Å²) in [4.78, 5) is 24.4. The minimum Gasteiger partial charge on any atom is -0.322 e. The average Bonchev–Trinajstić information content (AvgIpc) is 3.05. The van der Waals surface area contributed by atoms with Gasteiger partial charge in [-0.3, -0.25) is 13.9 Å². The molecule has 4 aromatic rings. The van der Waals surface area contributed by atoms with Crippen molar-refractivity contribution in [3.63, 3.8) is 0 Å². The van der Waals surface area contributed by atoms with Crippen LogP contribution in [-0.2, 0) is 23.6 Å². The Morgan fingerprint density at radius 3 is 2.38 bits per heavy atom. The van der Waals surface area contributed by atoms with Gasteiger partial charge < -0.3 is 9.88 Å². The number of hydrogen-bond donors (Lipinski definition) is 1. The number of amides is 1. The summed E-state index contributed by atoms with van der Waals surface area (Å²) in [5.74, 6) is -0.290. The van der Waals surface area contributed by atoms with Crippen LogP contribution in [0.4, 0.5) is 11.4 Å². The Morgan fingerprint density at radius 2 is 1.72 bits per heavy atom. The molecule has 0 aliphatic carbocycles. The Hall–Kier alpha value is -3.43. The number of nitrogens with one attached hydrogen (secondary N) is 1. The third kappa shape index (κ3) is 4.58. The first-order valence-corrected chi connectivity index (χ1v) is 12.4. The van der Waals surface area contributed by atoms with E-state index in [0.717, 1.165) is 27.1 Å². The molecular weight excluding hydrogens is 446 g/mol. The Labute approximate surface area is 189 Å². The van der Waals surface area contributed by atoms with Crippen molar-refractivity contribution >= 4 is 48.9 Å². The van der Waals surface area contributed by atoms with Crippen LogP contribution in [0.25, 0.3) is 10.2 Å². The Morgan fingerprint density at radius 1 is 1.03 bits per heavy atom. The summed E-state index contributed by atoms with van der Waals surface area (Å²) < 4.78 is 28.2. The lowest BCUT2D eigenvalue weighted by Gasteiger charge is -2.22. The van der Waals surface area contributed by atoms with E-state index >= 15 is 0 Å². The number of aromatic nitrogens is 1. The lowest BCUT2D eigenvalue weighted by molar-refractivity contribution is 0.102. The molecule has 7 nitrogen and oxygen atoms in total. The SMILES string of the molecule is Cn1c(=O)sc2cc(NC(=O)c3ccc(CN(c4ccccc4)S(C)(=O)=O)cc3)ccc21. The van der Waals surface area contributed by atoms with Crippen molar-refractivity contribution in [3.8, 4) is 0 Å². The van der Waals surface area contributed by atoms with E-state index in [0.29, 0.717) is 16.9 Å². The second kappa shape index (κ2) is 8.60. The molecular formula is C23H21N3O4S2. The predicted molar refractivity (Wildman–Crippen MR) is 129 cm³/mol. The van der Waals surface area contributed by atoms with Gasteiger partial charge in [-0.25, -0.2) is 8.42 Å². The first-order chi connectivity index (χ1) is 15.2. The standard InChI is InChI=1S/C23H21N3O4S2/c1-25-20-13-12-18(14-21(20)31-23(25)28)24-22(27)17-10-8-16(9-11-17)15-26(32(2,29)30)19-6-4-3-5-7-19/h3-14H,15H2,1-2H3,(H,24,27). The monoisotopic (exact) mass is 467 g/mol. The van der Waals surface area contributed by atoms with Gasteiger partial charge in [-0.15, -0.1) is 0 Å². The molecule has 9 heteroatoms. The molecule has 1 heterocycles. The first kappa shape index (κ1) is 21.8. The van der Waals surface area contributed by atoms with Gasteiger partial charge in [0.05, 0.1) is 28.7 Å². The van der Waals surface area contributed by atoms with Gasteiger partial charge in [0.1, 0.15) is 0 Å². The number of carbonyl (C=O) groups is 1. The lowest BCUT2D eigenvalue weighted by Crippen LogP contribution is -2.29. The number of rotatable bonds is 6. The van der Waals surface area contributed by atoms with Crippen molar-refractivity contribution in [3.05, 3.63) is 93.6 Å². The number of hydrogen-bond acceptors (Lipinski definition) is 5. The molecule has 0 spiro atoms. The van der Waals surface area contributed by atoms with Crippen molar-refractivity contribution in [1.82, 2.24) is 4.57 Å². The number of benzene rings is 3. The van der Waals surface area contributed by atoms with Gasteiger partial charge in [-0.05, 0) is 48.0 Å². The zero-order valence-corrected chi connectivity index (χ0v) is 19.1. The molecule has 0 fully saturated rings. The summed E-state index contributed by atoms with van der Waals surface area (Å²) in [7, 11) is -1.76. The number of fused-ring (bicyclic) bond motifs is 1. The van der Waals surface area contributed by atoms with Crippen LogP contribution in [0.15, 0.2) is 77.6 Å². The molecule has 0 atom stereocenters. The maximum atomic E-state index is 12.7. The van der Waals surface area contributed by atoms with Crippen LogP contribution in [-0.4, -0.2) is 25.1 Å². The molecule has 0 aliphatic heterocycles. The van der Waals surface area contributed by atoms with Gasteiger partial charge in [0.15, 0.2) is 0 Å². The fourth-order valence-corrected chi connectivity index (χ4v) is 5.14. The van der Waals surface area contributed by atoms with E-state index in [1.165, 1.54) is 10.6 Å². The van der Waals surface area contributed by atoms with E-state index in [4.69, 9.17) is 0 Å². The molecule has 0 bridgehead atoms. The minimum atomic E-state index is -3.47. The molecule has 1 amide bonds. The van der Waals surface area contributed by atoms with E-state index in [1.807, 2.05) is 6.07 Å². The van der Waals surface area contributed by atoms with Gasteiger partial charge >= 0.3 is 4.87 Å². The van der Waals surface area contributed by atoms with Crippen LogP contribution < -0.4 is 14.5 Å². The maximum Gasteiger partial charge on any atom is 0.307 e. The fraction of sp³-hybridized carbons (Fsp3) is 0.130. The highest BCUT2D eigenvalue weighted by Gasteiger charge is 2.18. The lowest BCUT2D eigenvalue weighted by atomic mass is 10.1. The van der Waals surface area contributed by atoms with E-state index in [2.05, 4.69) is 5.32 Å². The molecule has 0 aliphatic rings. The number of aryl methyl sites for hydroxylation is 1. The quantitative estimate of drug-likeness (QED) is 0.467. The molecule has 32 heavy (non-hydrogen) atoms. The number of para-hydroxylation sites is 1. The molecule has 1 N–H and O–H groups in total. The van der Waals surface area contributed by atoms with Gasteiger partial charge in [0, 0.05) is 18.3 Å². The molecule has 164 valence electrons. The number of thiazole rings is 1. The number of sulfonamides is 1. The van der Waals surface area contributed by atoms with Crippen molar-refractivity contribution in [2.45, 2.75) is 6.54 Å². The Bertz CT molecular complexity index is 1440. The van der Waals surface area contributed by atoms with Gasteiger partial charge in [-0.2, -0.15) is 0 Å². The molecule has 3 aromatic carbocycles. The molecule has 0 saturated carbocycles. The highest BCUT2D eigenvalue weighted by Crippen LogP contribution is 2.23. The molecule has 0 saturated heterocycles. The zero-order chi connectivity index (χ0) is 22.9. The normalized spacial score (nSPS) is 11.4. The van der Waals surface area contributed by atoms with Crippen LogP contribution in [0.5, 0.6) is 0 Å². The maximum absolute atomic E-state index is 12.7. The van der Waals surface area contributed by atoms with Crippen LogP contribution in [0, 0.1) is 0 Å². The number of nitrogens with zero attached hydrogens (tertiary/aromatic N) is 2. The molecule has 4 rings (SSSR count). The average molecular weight is 468 g/mol. The number of carbonyl (C=O) groups excluding carboxylic acids is 1. The third-order valence-corrected chi connectivity index (χ3v) is 7.17. The summed E-state index contributed by atoms with van der Waals surface area (Å²) in [6.07, 6.45) is 1.17. The van der Waals surface area contributed by atoms with Crippen LogP contribution in [0.3, 0.4) is 0 Å².